The van der Waals surface area contributed by atoms with Gasteiger partial charge in [-0.15, -0.1) is 0 Å². The number of likely N-dealkylation sites (tertiary alicyclic amines) is 1. The van der Waals surface area contributed by atoms with Gasteiger partial charge in [0.05, 0.1) is 40.9 Å². The van der Waals surface area contributed by atoms with Crippen molar-refractivity contribution in [2.45, 2.75) is 18.9 Å². The van der Waals surface area contributed by atoms with Crippen LogP contribution in [-0.2, 0) is 5.60 Å². The molecular weight excluding hydrogens is 354 g/mol. The summed E-state index contributed by atoms with van der Waals surface area (Å²) in [6.45, 7) is 4.48. The number of quaternary nitrogens is 1. The lowest BCUT2D eigenvalue weighted by Crippen LogP contribution is -2.60. The zero-order chi connectivity index (χ0) is 20.4. The number of rotatable bonds is 6. The van der Waals surface area contributed by atoms with Gasteiger partial charge in [-0.1, -0.05) is 12.1 Å². The lowest BCUT2D eigenvalue weighted by atomic mass is 9.72. The minimum absolute atomic E-state index is 0.0292. The first kappa shape index (κ1) is 20.4. The predicted octanol–water partition coefficient (Wildman–Crippen LogP) is 3.26. The Kier molecular flexibility index (Phi) is 5.77. The number of ketones is 1. The quantitative estimate of drug-likeness (QED) is 0.614. The minimum Gasteiger partial charge on any atom is -0.497 e. The van der Waals surface area contributed by atoms with Crippen molar-refractivity contribution in [1.29, 1.82) is 0 Å². The summed E-state index contributed by atoms with van der Waals surface area (Å²) >= 11 is 0. The molecule has 1 aliphatic rings. The number of hydrogen-bond acceptors (Lipinski definition) is 4. The van der Waals surface area contributed by atoms with E-state index in [-0.39, 0.29) is 5.78 Å². The van der Waals surface area contributed by atoms with Gasteiger partial charge < -0.3 is 19.1 Å². The number of carbonyl (C=O) groups excluding carboxylic acids is 1. The molecule has 28 heavy (non-hydrogen) atoms. The van der Waals surface area contributed by atoms with Gasteiger partial charge in [0.2, 0.25) is 0 Å². The Morgan fingerprint density at radius 1 is 1.07 bits per heavy atom. The van der Waals surface area contributed by atoms with Crippen LogP contribution in [0.15, 0.2) is 48.5 Å². The summed E-state index contributed by atoms with van der Waals surface area (Å²) in [5, 5.41) is 11.7. The van der Waals surface area contributed by atoms with E-state index in [1.54, 1.807) is 38.5 Å². The van der Waals surface area contributed by atoms with Crippen LogP contribution in [-0.4, -0.2) is 56.3 Å². The summed E-state index contributed by atoms with van der Waals surface area (Å²) in [6.07, 6.45) is 0.538. The Morgan fingerprint density at radius 2 is 1.61 bits per heavy atom. The lowest BCUT2D eigenvalue weighted by Gasteiger charge is -2.48. The van der Waals surface area contributed by atoms with Crippen LogP contribution < -0.4 is 9.47 Å². The highest BCUT2D eigenvalue weighted by molar-refractivity contribution is 5.99. The zero-order valence-electron chi connectivity index (χ0n) is 17.1. The second-order valence-corrected chi connectivity index (χ2v) is 7.89. The van der Waals surface area contributed by atoms with Crippen LogP contribution in [0.2, 0.25) is 0 Å². The largest absolute Gasteiger partial charge is 0.497 e. The van der Waals surface area contributed by atoms with E-state index in [1.165, 1.54) is 0 Å². The molecule has 0 radical (unpaired) electrons. The molecule has 2 aromatic carbocycles. The highest BCUT2D eigenvalue weighted by Gasteiger charge is 2.51. The first-order valence-electron chi connectivity index (χ1n) is 9.74. The van der Waals surface area contributed by atoms with Crippen LogP contribution in [0.25, 0.3) is 0 Å². The van der Waals surface area contributed by atoms with E-state index >= 15 is 0 Å². The average Bonchev–Trinajstić information content (AvgIpc) is 2.75. The van der Waals surface area contributed by atoms with Crippen LogP contribution in [0.4, 0.5) is 0 Å². The van der Waals surface area contributed by atoms with E-state index in [4.69, 9.17) is 9.47 Å². The number of aliphatic hydroxyl groups is 1. The second kappa shape index (κ2) is 7.94. The third-order valence-corrected chi connectivity index (χ3v) is 6.28. The molecule has 0 amide bonds. The molecule has 1 aliphatic heterocycles. The molecule has 2 aromatic rings. The summed E-state index contributed by atoms with van der Waals surface area (Å²) in [4.78, 5) is 13.5. The first-order valence-corrected chi connectivity index (χ1v) is 9.74. The van der Waals surface area contributed by atoms with Crippen molar-refractivity contribution in [3.05, 3.63) is 59.7 Å². The number of hydrogen-bond donors (Lipinski definition) is 1. The number of piperidine rings is 1. The van der Waals surface area contributed by atoms with Gasteiger partial charge in [0, 0.05) is 12.0 Å². The minimum atomic E-state index is -1.20. The van der Waals surface area contributed by atoms with Crippen molar-refractivity contribution >= 4 is 5.78 Å². The Bertz CT molecular complexity index is 818. The summed E-state index contributed by atoms with van der Waals surface area (Å²) in [6, 6.07) is 14.5. The normalized spacial score (nSPS) is 27.2. The van der Waals surface area contributed by atoms with Gasteiger partial charge in [0.15, 0.2) is 5.78 Å². The molecule has 1 heterocycles. The molecule has 3 unspecified atom stereocenters. The van der Waals surface area contributed by atoms with Gasteiger partial charge in [0.25, 0.3) is 0 Å². The number of carbonyl (C=O) groups is 1. The molecule has 3 rings (SSSR count). The van der Waals surface area contributed by atoms with Gasteiger partial charge in [-0.2, -0.15) is 0 Å². The number of benzene rings is 2. The smallest absolute Gasteiger partial charge is 0.174 e. The van der Waals surface area contributed by atoms with E-state index < -0.39 is 11.5 Å². The zero-order valence-corrected chi connectivity index (χ0v) is 17.1. The van der Waals surface area contributed by atoms with Crippen LogP contribution in [0.1, 0.15) is 29.3 Å². The van der Waals surface area contributed by atoms with Gasteiger partial charge >= 0.3 is 0 Å². The standard InChI is InChI=1S/C23H30NO4/c1-5-24(2)15-14-23(26,18-8-12-20(28-4)13-9-18)21(16-24)22(25)17-6-10-19(27-3)11-7-17/h6-13,21,26H,5,14-16H2,1-4H3/q+1. The van der Waals surface area contributed by atoms with Gasteiger partial charge in [-0.05, 0) is 48.9 Å². The fourth-order valence-corrected chi connectivity index (χ4v) is 4.07. The van der Waals surface area contributed by atoms with E-state index in [0.29, 0.717) is 24.3 Å². The van der Waals surface area contributed by atoms with Gasteiger partial charge in [-0.3, -0.25) is 4.79 Å². The highest BCUT2D eigenvalue weighted by atomic mass is 16.5. The molecular formula is C23H30NO4+. The van der Waals surface area contributed by atoms with E-state index in [1.807, 2.05) is 24.3 Å². The first-order chi connectivity index (χ1) is 13.3. The van der Waals surface area contributed by atoms with E-state index in [0.717, 1.165) is 28.9 Å². The van der Waals surface area contributed by atoms with Crippen molar-refractivity contribution in [3.63, 3.8) is 0 Å². The molecule has 0 aliphatic carbocycles. The summed E-state index contributed by atoms with van der Waals surface area (Å²) < 4.78 is 11.2. The molecule has 0 spiro atoms. The third kappa shape index (κ3) is 3.77. The maximum absolute atomic E-state index is 13.5. The number of nitrogens with zero attached hydrogens (tertiary/aromatic N) is 1. The SMILES string of the molecule is CC[N+]1(C)CCC(O)(c2ccc(OC)cc2)C(C(=O)c2ccc(OC)cc2)C1. The Balaban J connectivity index is 1.99. The number of methoxy groups -OCH3 is 2. The van der Waals surface area contributed by atoms with Crippen molar-refractivity contribution in [3.8, 4) is 11.5 Å². The molecule has 1 N–H and O–H groups in total. The fraction of sp³-hybridized carbons (Fsp3) is 0.435. The van der Waals surface area contributed by atoms with Gasteiger partial charge in [-0.25, -0.2) is 0 Å². The molecule has 3 atom stereocenters. The van der Waals surface area contributed by atoms with Crippen LogP contribution in [0, 0.1) is 5.92 Å². The van der Waals surface area contributed by atoms with Crippen molar-refractivity contribution in [2.24, 2.45) is 5.92 Å². The lowest BCUT2D eigenvalue weighted by molar-refractivity contribution is -0.917. The van der Waals surface area contributed by atoms with Gasteiger partial charge in [0.1, 0.15) is 23.0 Å². The monoisotopic (exact) mass is 384 g/mol. The van der Waals surface area contributed by atoms with Crippen molar-refractivity contribution in [2.75, 3.05) is 40.9 Å². The van der Waals surface area contributed by atoms with Crippen molar-refractivity contribution in [1.82, 2.24) is 0 Å². The topological polar surface area (TPSA) is 55.8 Å². The summed E-state index contributed by atoms with van der Waals surface area (Å²) in [7, 11) is 5.37. The molecule has 0 aromatic heterocycles. The van der Waals surface area contributed by atoms with Crippen LogP contribution >= 0.6 is 0 Å². The number of ether oxygens (including phenoxy) is 2. The predicted molar refractivity (Wildman–Crippen MR) is 109 cm³/mol. The van der Waals surface area contributed by atoms with Crippen LogP contribution in [0.5, 0.6) is 11.5 Å². The average molecular weight is 384 g/mol. The second-order valence-electron chi connectivity index (χ2n) is 7.89. The molecule has 150 valence electrons. The Hall–Kier alpha value is -2.37. The van der Waals surface area contributed by atoms with Crippen molar-refractivity contribution < 1.29 is 23.9 Å². The molecule has 0 saturated carbocycles. The third-order valence-electron chi connectivity index (χ3n) is 6.28. The maximum Gasteiger partial charge on any atom is 0.174 e. The Morgan fingerprint density at radius 3 is 2.11 bits per heavy atom. The molecule has 1 saturated heterocycles. The van der Waals surface area contributed by atoms with Crippen LogP contribution in [0.3, 0.4) is 0 Å². The highest BCUT2D eigenvalue weighted by Crippen LogP contribution is 2.41. The molecule has 5 heteroatoms. The fourth-order valence-electron chi connectivity index (χ4n) is 4.07. The summed E-state index contributed by atoms with van der Waals surface area (Å²) in [5.74, 6) is 0.890. The molecule has 5 nitrogen and oxygen atoms in total. The molecule has 0 bridgehead atoms. The maximum atomic E-state index is 13.5. The Labute approximate surface area is 167 Å². The summed E-state index contributed by atoms with van der Waals surface area (Å²) in [5.41, 5.74) is 0.167. The number of Topliss-reactive ketones (excluding diaryl/α,β-unsaturated/α-hetero) is 1. The van der Waals surface area contributed by atoms with E-state index in [9.17, 15) is 9.90 Å². The van der Waals surface area contributed by atoms with E-state index in [2.05, 4.69) is 14.0 Å². The molecule has 1 fully saturated rings.